The van der Waals surface area contributed by atoms with Crippen LogP contribution in [0.25, 0.3) is 0 Å². The Morgan fingerprint density at radius 3 is 0.750 bits per heavy atom. The molecule has 160 valence electrons. The topological polar surface area (TPSA) is 0 Å². The highest BCUT2D eigenvalue weighted by atomic mass is 31.1. The maximum Gasteiger partial charge on any atom is -0.0204 e. The van der Waals surface area contributed by atoms with Gasteiger partial charge in [0.2, 0.25) is 0 Å². The Hall–Kier alpha value is 0.860. The van der Waals surface area contributed by atoms with Gasteiger partial charge in [0.25, 0.3) is 0 Å². The van der Waals surface area contributed by atoms with Crippen molar-refractivity contribution in [3.63, 3.8) is 0 Å². The number of rotatable bonds is 2. The third-order valence-electron chi connectivity index (χ3n) is 9.49. The standard InChI is InChI=1S/2C13H23P/c1-2-6-11(5-1)14-12-7-3-8-13(14)10-4-9-12;1-2-6-11(5-1)14-12-7-3-4-8-13(14)10-9-12/h2*11-13H,1-10H2. The number of fused-ring (bicyclic) bond motifs is 4. The zero-order valence-electron chi connectivity index (χ0n) is 18.5. The molecule has 0 aromatic rings. The van der Waals surface area contributed by atoms with E-state index in [9.17, 15) is 0 Å². The molecule has 0 aromatic heterocycles. The summed E-state index contributed by atoms with van der Waals surface area (Å²) in [7, 11) is 0.978. The van der Waals surface area contributed by atoms with Gasteiger partial charge in [-0.05, 0) is 111 Å². The average molecular weight is 421 g/mol. The minimum Gasteiger partial charge on any atom is -0.0971 e. The summed E-state index contributed by atoms with van der Waals surface area (Å²) in [4.78, 5) is 0. The zero-order valence-corrected chi connectivity index (χ0v) is 20.3. The van der Waals surface area contributed by atoms with Gasteiger partial charge in [-0.2, -0.15) is 0 Å². The summed E-state index contributed by atoms with van der Waals surface area (Å²) in [5, 5.41) is 0. The molecular weight excluding hydrogens is 374 g/mol. The molecule has 2 unspecified atom stereocenters. The highest BCUT2D eigenvalue weighted by molar-refractivity contribution is 7.60. The fourth-order valence-corrected chi connectivity index (χ4v) is 17.6. The summed E-state index contributed by atoms with van der Waals surface area (Å²) in [6.07, 6.45) is 31.8. The highest BCUT2D eigenvalue weighted by Crippen LogP contribution is 2.66. The van der Waals surface area contributed by atoms with Gasteiger partial charge in [-0.1, -0.05) is 67.2 Å². The Bertz CT molecular complexity index is 412. The molecule has 4 saturated heterocycles. The molecule has 4 bridgehead atoms. The molecule has 0 amide bonds. The smallest absolute Gasteiger partial charge is 0.0204 e. The van der Waals surface area contributed by atoms with Crippen molar-refractivity contribution in [3.05, 3.63) is 0 Å². The SMILES string of the molecule is C1CCC(P2C3CCCC2CCC3)C1.C1CCC(P2C3CCCCC2CC3)C1. The maximum absolute atomic E-state index is 1.62. The number of hydrogen-bond acceptors (Lipinski definition) is 0. The summed E-state index contributed by atoms with van der Waals surface area (Å²) in [5.41, 5.74) is 7.34. The van der Waals surface area contributed by atoms with E-state index in [1.165, 1.54) is 34.0 Å². The van der Waals surface area contributed by atoms with Crippen LogP contribution in [0.2, 0.25) is 0 Å². The molecule has 0 spiro atoms. The molecule has 2 aliphatic carbocycles. The Labute approximate surface area is 178 Å². The van der Waals surface area contributed by atoms with Gasteiger partial charge in [-0.3, -0.25) is 0 Å². The zero-order chi connectivity index (χ0) is 18.8. The predicted octanol–water partition coefficient (Wildman–Crippen LogP) is 9.03. The molecule has 0 N–H and O–H groups in total. The van der Waals surface area contributed by atoms with Crippen LogP contribution >= 0.6 is 15.8 Å². The van der Waals surface area contributed by atoms with E-state index in [1.54, 1.807) is 128 Å². The van der Waals surface area contributed by atoms with E-state index in [1.807, 2.05) is 0 Å². The first-order valence-corrected chi connectivity index (χ1v) is 16.5. The van der Waals surface area contributed by atoms with Gasteiger partial charge in [0, 0.05) is 0 Å². The van der Waals surface area contributed by atoms with E-state index >= 15 is 0 Å². The average Bonchev–Trinajstić information content (AvgIpc) is 3.42. The Morgan fingerprint density at radius 1 is 0.250 bits per heavy atom. The molecule has 0 radical (unpaired) electrons. The fourth-order valence-electron chi connectivity index (χ4n) is 8.29. The fraction of sp³-hybridized carbons (Fsp3) is 1.00. The molecule has 4 heterocycles. The maximum atomic E-state index is 1.62. The molecule has 4 aliphatic heterocycles. The first-order valence-electron chi connectivity index (χ1n) is 13.4. The van der Waals surface area contributed by atoms with Crippen molar-refractivity contribution >= 4 is 15.8 Å². The van der Waals surface area contributed by atoms with Crippen molar-refractivity contribution in [1.29, 1.82) is 0 Å². The molecule has 0 nitrogen and oxygen atoms in total. The van der Waals surface area contributed by atoms with E-state index in [0.29, 0.717) is 15.8 Å². The summed E-state index contributed by atoms with van der Waals surface area (Å²) >= 11 is 0. The van der Waals surface area contributed by atoms with Crippen LogP contribution in [-0.2, 0) is 0 Å². The van der Waals surface area contributed by atoms with Crippen LogP contribution in [0.15, 0.2) is 0 Å². The monoisotopic (exact) mass is 420 g/mol. The second-order valence-electron chi connectivity index (χ2n) is 11.1. The minimum atomic E-state index is 0.489. The summed E-state index contributed by atoms with van der Waals surface area (Å²) in [5.74, 6) is 0. The van der Waals surface area contributed by atoms with E-state index < -0.39 is 0 Å². The van der Waals surface area contributed by atoms with Crippen LogP contribution in [0, 0.1) is 0 Å². The van der Waals surface area contributed by atoms with Gasteiger partial charge in [-0.25, -0.2) is 0 Å². The van der Waals surface area contributed by atoms with Crippen LogP contribution in [0.4, 0.5) is 0 Å². The van der Waals surface area contributed by atoms with Crippen molar-refractivity contribution in [1.82, 2.24) is 0 Å². The normalized spacial score (nSPS) is 44.1. The first-order chi connectivity index (χ1) is 13.9. The largest absolute Gasteiger partial charge is 0.0971 e. The Balaban J connectivity index is 0.000000122. The molecule has 0 aromatic carbocycles. The van der Waals surface area contributed by atoms with Crippen LogP contribution in [0.3, 0.4) is 0 Å². The summed E-state index contributed by atoms with van der Waals surface area (Å²) in [6.45, 7) is 0. The van der Waals surface area contributed by atoms with Crippen LogP contribution in [0.5, 0.6) is 0 Å². The van der Waals surface area contributed by atoms with E-state index in [0.717, 1.165) is 0 Å². The molecular formula is C26H46P2. The van der Waals surface area contributed by atoms with Crippen molar-refractivity contribution in [3.8, 4) is 0 Å². The third-order valence-corrected chi connectivity index (χ3v) is 17.6. The van der Waals surface area contributed by atoms with Gasteiger partial charge in [0.15, 0.2) is 0 Å². The van der Waals surface area contributed by atoms with Crippen molar-refractivity contribution in [2.75, 3.05) is 0 Å². The lowest BCUT2D eigenvalue weighted by Crippen LogP contribution is -2.30. The predicted molar refractivity (Wildman–Crippen MR) is 129 cm³/mol. The molecule has 6 fully saturated rings. The van der Waals surface area contributed by atoms with E-state index in [-0.39, 0.29) is 0 Å². The molecule has 28 heavy (non-hydrogen) atoms. The Kier molecular flexibility index (Phi) is 7.40. The summed E-state index contributed by atoms with van der Waals surface area (Å²) < 4.78 is 0. The lowest BCUT2D eigenvalue weighted by Gasteiger charge is -2.46. The van der Waals surface area contributed by atoms with E-state index in [2.05, 4.69) is 0 Å². The molecule has 2 saturated carbocycles. The molecule has 6 rings (SSSR count). The molecule has 2 heteroatoms. The van der Waals surface area contributed by atoms with Gasteiger partial charge < -0.3 is 0 Å². The summed E-state index contributed by atoms with van der Waals surface area (Å²) in [6, 6.07) is 0. The quantitative estimate of drug-likeness (QED) is 0.391. The van der Waals surface area contributed by atoms with Gasteiger partial charge in [0.1, 0.15) is 0 Å². The van der Waals surface area contributed by atoms with E-state index in [4.69, 9.17) is 0 Å². The molecule has 2 atom stereocenters. The van der Waals surface area contributed by atoms with Crippen molar-refractivity contribution < 1.29 is 0 Å². The lowest BCUT2D eigenvalue weighted by atomic mass is 9.99. The third kappa shape index (κ3) is 4.55. The first kappa shape index (κ1) is 20.7. The van der Waals surface area contributed by atoms with Gasteiger partial charge >= 0.3 is 0 Å². The number of hydrogen-bond donors (Lipinski definition) is 0. The van der Waals surface area contributed by atoms with Gasteiger partial charge in [0.05, 0.1) is 0 Å². The van der Waals surface area contributed by atoms with Crippen LogP contribution in [0.1, 0.15) is 128 Å². The Morgan fingerprint density at radius 2 is 0.464 bits per heavy atom. The second-order valence-corrected chi connectivity index (χ2v) is 17.3. The minimum absolute atomic E-state index is 0.489. The molecule has 6 aliphatic rings. The lowest BCUT2D eigenvalue weighted by molar-refractivity contribution is 0.469. The highest BCUT2D eigenvalue weighted by Gasteiger charge is 2.42. The second kappa shape index (κ2) is 9.99. The van der Waals surface area contributed by atoms with Crippen molar-refractivity contribution in [2.24, 2.45) is 0 Å². The van der Waals surface area contributed by atoms with Crippen molar-refractivity contribution in [2.45, 2.75) is 162 Å². The van der Waals surface area contributed by atoms with Crippen LogP contribution < -0.4 is 0 Å². The van der Waals surface area contributed by atoms with Crippen LogP contribution in [-0.4, -0.2) is 34.0 Å². The van der Waals surface area contributed by atoms with Gasteiger partial charge in [-0.15, -0.1) is 0 Å².